The topological polar surface area (TPSA) is 17.1 Å². The van der Waals surface area contributed by atoms with E-state index in [2.05, 4.69) is 0 Å². The molecule has 45 valence electrons. The molecule has 0 aliphatic heterocycles. The van der Waals surface area contributed by atoms with E-state index >= 15 is 0 Å². The summed E-state index contributed by atoms with van der Waals surface area (Å²) in [5, 5.41) is 0. The van der Waals surface area contributed by atoms with Gasteiger partial charge in [-0.2, -0.15) is 0 Å². The Balaban J connectivity index is 3.33. The summed E-state index contributed by atoms with van der Waals surface area (Å²) < 4.78 is 0.370. The summed E-state index contributed by atoms with van der Waals surface area (Å²) >= 11 is 1.02. The molecule has 0 aromatic carbocycles. The van der Waals surface area contributed by atoms with Crippen molar-refractivity contribution < 1.29 is 4.79 Å². The third-order valence-electron chi connectivity index (χ3n) is 0.979. The van der Waals surface area contributed by atoms with Crippen LogP contribution in [0.1, 0.15) is 26.7 Å². The Morgan fingerprint density at radius 2 is 2.25 bits per heavy atom. The minimum atomic E-state index is 0.370. The summed E-state index contributed by atoms with van der Waals surface area (Å²) in [7, 11) is 0. The molecule has 2 heteroatoms. The standard InChI is InChI=1S/C6H11O.Pb/c1-3-5-6(7)4-2;/h4H,3,5H2,1-2H3;. The number of rotatable bonds is 3. The number of carbonyl (C=O) groups excluding carboxylic acids is 1. The third-order valence-corrected chi connectivity index (χ3v) is 2.23. The van der Waals surface area contributed by atoms with Gasteiger partial charge in [-0.25, -0.2) is 0 Å². The third kappa shape index (κ3) is 3.58. The van der Waals surface area contributed by atoms with Gasteiger partial charge < -0.3 is 0 Å². The van der Waals surface area contributed by atoms with Gasteiger partial charge in [0.2, 0.25) is 0 Å². The molecule has 0 amide bonds. The minimum absolute atomic E-state index is 0.370. The van der Waals surface area contributed by atoms with Crippen LogP contribution in [0.4, 0.5) is 0 Å². The van der Waals surface area contributed by atoms with Crippen LogP contribution < -0.4 is 0 Å². The normalized spacial score (nSPS) is 13.4. The first-order valence-electron chi connectivity index (χ1n) is 2.92. The first-order chi connectivity index (χ1) is 3.68. The van der Waals surface area contributed by atoms with Gasteiger partial charge in [0, 0.05) is 0 Å². The summed E-state index contributed by atoms with van der Waals surface area (Å²) in [6.45, 7) is 4.05. The van der Waals surface area contributed by atoms with Gasteiger partial charge in [-0.05, 0) is 0 Å². The van der Waals surface area contributed by atoms with E-state index in [1.54, 1.807) is 0 Å². The van der Waals surface area contributed by atoms with E-state index in [0.29, 0.717) is 9.26 Å². The number of carbonyl (C=O) groups is 1. The molecule has 0 aliphatic carbocycles. The van der Waals surface area contributed by atoms with Crippen LogP contribution in [0.3, 0.4) is 0 Å². The van der Waals surface area contributed by atoms with E-state index in [1.807, 2.05) is 13.8 Å². The molecule has 0 bridgehead atoms. The average Bonchev–Trinajstić information content (AvgIpc) is 1.67. The van der Waals surface area contributed by atoms with Gasteiger partial charge >= 0.3 is 66.5 Å². The second-order valence-electron chi connectivity index (χ2n) is 1.94. The molecule has 0 saturated heterocycles. The van der Waals surface area contributed by atoms with Crippen LogP contribution in [0.15, 0.2) is 0 Å². The molecule has 1 unspecified atom stereocenters. The molecule has 0 fully saturated rings. The van der Waals surface area contributed by atoms with E-state index in [-0.39, 0.29) is 0 Å². The van der Waals surface area contributed by atoms with Crippen LogP contribution in [0.2, 0.25) is 3.48 Å². The first kappa shape index (κ1) is 8.59. The van der Waals surface area contributed by atoms with Crippen molar-refractivity contribution in [2.75, 3.05) is 0 Å². The molecule has 0 heterocycles. The van der Waals surface area contributed by atoms with E-state index in [4.69, 9.17) is 0 Å². The number of ketones is 1. The van der Waals surface area contributed by atoms with E-state index in [1.165, 1.54) is 0 Å². The van der Waals surface area contributed by atoms with Crippen LogP contribution in [0.5, 0.6) is 0 Å². The molecule has 0 rings (SSSR count). The summed E-state index contributed by atoms with van der Waals surface area (Å²) in [5.41, 5.74) is 0. The molecule has 0 aliphatic rings. The van der Waals surface area contributed by atoms with Crippen molar-refractivity contribution in [3.05, 3.63) is 0 Å². The average molecular weight is 306 g/mol. The van der Waals surface area contributed by atoms with Crippen molar-refractivity contribution in [3.63, 3.8) is 0 Å². The van der Waals surface area contributed by atoms with Crippen LogP contribution in [-0.2, 0) is 4.79 Å². The number of hydrogen-bond donors (Lipinski definition) is 0. The van der Waals surface area contributed by atoms with Crippen molar-refractivity contribution in [2.24, 2.45) is 0 Å². The Hall–Kier alpha value is 0.592. The van der Waals surface area contributed by atoms with Gasteiger partial charge in [0.15, 0.2) is 0 Å². The van der Waals surface area contributed by atoms with Crippen LogP contribution in [0, 0.1) is 0 Å². The van der Waals surface area contributed by atoms with E-state index in [0.717, 1.165) is 38.6 Å². The zero-order chi connectivity index (χ0) is 6.57. The van der Waals surface area contributed by atoms with Crippen LogP contribution in [0.25, 0.3) is 0 Å². The van der Waals surface area contributed by atoms with Crippen molar-refractivity contribution >= 4 is 31.6 Å². The summed E-state index contributed by atoms with van der Waals surface area (Å²) in [4.78, 5) is 10.8. The van der Waals surface area contributed by atoms with E-state index < -0.39 is 0 Å². The van der Waals surface area contributed by atoms with Crippen molar-refractivity contribution in [2.45, 2.75) is 30.2 Å². The van der Waals surface area contributed by atoms with Gasteiger partial charge in [-0.3, -0.25) is 0 Å². The monoisotopic (exact) mass is 307 g/mol. The summed E-state index contributed by atoms with van der Waals surface area (Å²) in [6, 6.07) is 0. The molecule has 0 saturated carbocycles. The van der Waals surface area contributed by atoms with Crippen LogP contribution in [-0.4, -0.2) is 31.6 Å². The number of Topliss-reactive ketones (excluding diaryl/α,β-unsaturated/α-hetero) is 1. The molecule has 1 nitrogen and oxygen atoms in total. The maximum absolute atomic E-state index is 10.8. The quantitative estimate of drug-likeness (QED) is 0.719. The zero-order valence-corrected chi connectivity index (χ0v) is 9.29. The van der Waals surface area contributed by atoms with Crippen LogP contribution >= 0.6 is 0 Å². The fraction of sp³-hybridized carbons (Fsp3) is 0.833. The van der Waals surface area contributed by atoms with Gasteiger partial charge in [0.25, 0.3) is 0 Å². The molecule has 1 atom stereocenters. The Labute approximate surface area is 66.5 Å². The fourth-order valence-corrected chi connectivity index (χ4v) is 1.02. The Morgan fingerprint density at radius 3 is 2.38 bits per heavy atom. The maximum atomic E-state index is 10.8. The molecule has 0 spiro atoms. The second-order valence-corrected chi connectivity index (χ2v) is 5.30. The summed E-state index contributed by atoms with van der Waals surface area (Å²) in [6.07, 6.45) is 1.79. The second kappa shape index (κ2) is 4.47. The molecule has 0 aromatic rings. The molecular formula is C6H11OPb. The van der Waals surface area contributed by atoms with E-state index in [9.17, 15) is 4.79 Å². The SMILES string of the molecule is CCCC(=O)[CH](C)[Pb]. The molecule has 0 N–H and O–H groups in total. The zero-order valence-electron chi connectivity index (χ0n) is 5.40. The molecule has 3 radical (unpaired) electrons. The molecule has 0 aromatic heterocycles. The van der Waals surface area contributed by atoms with Gasteiger partial charge in [-0.1, -0.05) is 0 Å². The van der Waals surface area contributed by atoms with Crippen molar-refractivity contribution in [3.8, 4) is 0 Å². The fourth-order valence-electron chi connectivity index (χ4n) is 0.463. The summed E-state index contributed by atoms with van der Waals surface area (Å²) in [5.74, 6) is 0.444. The Bertz CT molecular complexity index is 78.6. The van der Waals surface area contributed by atoms with Gasteiger partial charge in [0.05, 0.1) is 0 Å². The first-order valence-corrected chi connectivity index (χ1v) is 5.16. The number of hydrogen-bond acceptors (Lipinski definition) is 1. The van der Waals surface area contributed by atoms with Crippen molar-refractivity contribution in [1.82, 2.24) is 0 Å². The van der Waals surface area contributed by atoms with Gasteiger partial charge in [0.1, 0.15) is 0 Å². The molecular weight excluding hydrogens is 295 g/mol. The predicted molar refractivity (Wildman–Crippen MR) is 35.1 cm³/mol. The van der Waals surface area contributed by atoms with Gasteiger partial charge in [-0.15, -0.1) is 0 Å². The molecule has 8 heavy (non-hydrogen) atoms. The predicted octanol–water partition coefficient (Wildman–Crippen LogP) is 1.33. The Kier molecular flexibility index (Phi) is 4.80. The Morgan fingerprint density at radius 1 is 1.75 bits per heavy atom. The van der Waals surface area contributed by atoms with Crippen molar-refractivity contribution in [1.29, 1.82) is 0 Å².